The van der Waals surface area contributed by atoms with Crippen molar-refractivity contribution >= 4 is 32.7 Å². The van der Waals surface area contributed by atoms with Crippen LogP contribution in [0.3, 0.4) is 0 Å². The summed E-state index contributed by atoms with van der Waals surface area (Å²) < 4.78 is 84.7. The van der Waals surface area contributed by atoms with Gasteiger partial charge in [-0.3, -0.25) is 4.90 Å². The van der Waals surface area contributed by atoms with Gasteiger partial charge in [-0.2, -0.15) is 0 Å². The summed E-state index contributed by atoms with van der Waals surface area (Å²) in [4.78, 5) is 17.2. The van der Waals surface area contributed by atoms with E-state index in [0.29, 0.717) is 19.6 Å². The van der Waals surface area contributed by atoms with Gasteiger partial charge in [0, 0.05) is 35.8 Å². The summed E-state index contributed by atoms with van der Waals surface area (Å²) in [6.07, 6.45) is 0. The maximum Gasteiger partial charge on any atom is 2.00 e. The van der Waals surface area contributed by atoms with Crippen LogP contribution in [0.4, 0.5) is 0 Å². The molecule has 0 radical (unpaired) electrons. The van der Waals surface area contributed by atoms with Crippen LogP contribution in [-0.4, -0.2) is 41.2 Å². The molecule has 0 spiro atoms. The molecule has 0 bridgehead atoms. The summed E-state index contributed by atoms with van der Waals surface area (Å²) in [5, 5.41) is 3.13. The minimum absolute atomic E-state index is 0. The number of benzene rings is 3. The number of hydrogen-bond donors (Lipinski definition) is 0. The fourth-order valence-electron chi connectivity index (χ4n) is 5.09. The van der Waals surface area contributed by atoms with Crippen molar-refractivity contribution in [1.82, 2.24) is 19.9 Å². The average Bonchev–Trinajstić information content (AvgIpc) is 3.06. The summed E-state index contributed by atoms with van der Waals surface area (Å²) in [5.41, 5.74) is 5.37. The molecule has 0 saturated heterocycles. The molecule has 15 nitrogen and oxygen atoms in total. The van der Waals surface area contributed by atoms with Gasteiger partial charge in [0.15, 0.2) is 0 Å². The third-order valence-corrected chi connectivity index (χ3v) is 7.04. The van der Waals surface area contributed by atoms with Crippen LogP contribution in [0, 0.1) is 20.5 Å². The number of methoxy groups -OCH3 is 3. The van der Waals surface area contributed by atoms with Gasteiger partial charge >= 0.3 is 19.5 Å². The van der Waals surface area contributed by atoms with Gasteiger partial charge in [-0.1, -0.05) is 54.6 Å². The van der Waals surface area contributed by atoms with Crippen LogP contribution in [0.25, 0.3) is 32.7 Å². The molecule has 6 aromatic rings. The second-order valence-electron chi connectivity index (χ2n) is 10.4. The maximum atomic E-state index is 8.49. The third kappa shape index (κ3) is 13.0. The Kier molecular flexibility index (Phi) is 15.1. The van der Waals surface area contributed by atoms with Crippen molar-refractivity contribution in [3.63, 3.8) is 0 Å². The molecule has 264 valence electrons. The molecule has 18 heteroatoms. The molecule has 0 aliphatic rings. The summed E-state index contributed by atoms with van der Waals surface area (Å²) in [7, 11) is -4.86. The fraction of sp³-hybridized carbons (Fsp3) is 0.182. The number of aromatic nitrogens is 3. The van der Waals surface area contributed by atoms with Gasteiger partial charge in [-0.05, 0) is 36.4 Å². The van der Waals surface area contributed by atoms with Crippen LogP contribution in [0.5, 0.6) is 17.2 Å². The predicted molar refractivity (Wildman–Crippen MR) is 158 cm³/mol. The molecule has 0 aliphatic carbocycles. The van der Waals surface area contributed by atoms with Gasteiger partial charge in [0.25, 0.3) is 0 Å². The second-order valence-corrected chi connectivity index (χ2v) is 11.9. The largest absolute Gasteiger partial charge is 2.00 e. The summed E-state index contributed by atoms with van der Waals surface area (Å²) in [5.74, 6) is 2.28. The number of nitrogens with zero attached hydrogens (tertiary/aromatic N) is 4. The van der Waals surface area contributed by atoms with E-state index in [2.05, 4.69) is 41.3 Å². The number of halogens is 2. The Labute approximate surface area is 309 Å². The Morgan fingerprint density at radius 1 is 0.451 bits per heavy atom. The van der Waals surface area contributed by atoms with Crippen LogP contribution in [0.2, 0.25) is 0 Å². The van der Waals surface area contributed by atoms with Gasteiger partial charge < -0.3 is 14.2 Å². The van der Waals surface area contributed by atoms with Gasteiger partial charge in [-0.15, -0.1) is 20.5 Å². The van der Waals surface area contributed by atoms with Crippen molar-refractivity contribution in [3.05, 3.63) is 108 Å². The number of ether oxygens (including phenoxy) is 3. The van der Waals surface area contributed by atoms with Crippen molar-refractivity contribution < 1.29 is 91.4 Å². The van der Waals surface area contributed by atoms with E-state index < -0.39 is 20.5 Å². The van der Waals surface area contributed by atoms with Gasteiger partial charge in [0.1, 0.15) is 33.8 Å². The molecule has 6 rings (SSSR count). The molecule has 3 aromatic carbocycles. The zero-order valence-electron chi connectivity index (χ0n) is 27.5. The zero-order valence-corrected chi connectivity index (χ0v) is 32.0. The Bertz CT molecular complexity index is 1810. The minimum Gasteiger partial charge on any atom is -0.494 e. The molecule has 0 amide bonds. The van der Waals surface area contributed by atoms with Gasteiger partial charge in [0.2, 0.25) is 0 Å². The van der Waals surface area contributed by atoms with E-state index in [4.69, 9.17) is 66.4 Å². The number of para-hydroxylation sites is 3. The van der Waals surface area contributed by atoms with E-state index in [0.717, 1.165) is 67.0 Å². The van der Waals surface area contributed by atoms with E-state index in [1.807, 2.05) is 54.6 Å². The molecule has 3 aromatic heterocycles. The standard InChI is InChI=1S/C33H30N4O3.2ClHO4.Zn/c1-38-28-10-4-7-22-13-16-25(34-31(22)28)19-37(20-26-17-14-23-8-5-11-29(39-2)32(23)35-26)21-27-18-15-24-9-6-12-30(40-3)33(24)36-27;2*2-1(3,4)5;/h4-18H,19-21H2,1-3H3;2*(H,2,3,4,5);/q;;;+2/p-2. The van der Waals surface area contributed by atoms with E-state index >= 15 is 0 Å². The molecule has 0 unspecified atom stereocenters. The molecule has 0 atom stereocenters. The first-order valence-electron chi connectivity index (χ1n) is 14.4. The maximum absolute atomic E-state index is 8.49. The quantitative estimate of drug-likeness (QED) is 0.133. The Morgan fingerprint density at radius 3 is 0.941 bits per heavy atom. The molecular formula is C33H30Cl2N4O11Zn. The van der Waals surface area contributed by atoms with Crippen molar-refractivity contribution in [2.24, 2.45) is 0 Å². The molecule has 0 N–H and O–H groups in total. The number of hydrogen-bond acceptors (Lipinski definition) is 15. The van der Waals surface area contributed by atoms with E-state index in [1.54, 1.807) is 21.3 Å². The second kappa shape index (κ2) is 18.6. The van der Waals surface area contributed by atoms with Crippen molar-refractivity contribution in [3.8, 4) is 17.2 Å². The summed E-state index contributed by atoms with van der Waals surface area (Å²) >= 11 is 0. The molecule has 3 heterocycles. The monoisotopic (exact) mass is 792 g/mol. The number of pyridine rings is 3. The first-order chi connectivity index (χ1) is 23.6. The van der Waals surface area contributed by atoms with Crippen LogP contribution in [0.1, 0.15) is 17.1 Å². The molecule has 0 aliphatic heterocycles. The smallest absolute Gasteiger partial charge is 0.494 e. The van der Waals surface area contributed by atoms with Gasteiger partial charge in [-0.25, -0.2) is 52.2 Å². The van der Waals surface area contributed by atoms with Crippen LogP contribution < -0.4 is 51.5 Å². The normalized spacial score (nSPS) is 11.3. The number of fused-ring (bicyclic) bond motifs is 3. The van der Waals surface area contributed by atoms with Gasteiger partial charge in [0.05, 0.1) is 38.4 Å². The van der Waals surface area contributed by atoms with Crippen LogP contribution in [0.15, 0.2) is 91.0 Å². The Hall–Kier alpha value is -3.87. The topological polar surface area (TPSA) is 254 Å². The van der Waals surface area contributed by atoms with Crippen LogP contribution >= 0.6 is 0 Å². The third-order valence-electron chi connectivity index (χ3n) is 7.04. The van der Waals surface area contributed by atoms with Crippen molar-refractivity contribution in [1.29, 1.82) is 0 Å². The SMILES string of the molecule is COc1cccc2ccc(CN(Cc3ccc4cccc(OC)c4n3)Cc3ccc4cccc(OC)c4n3)nc12.[O-][Cl+3]([O-])([O-])[O-].[O-][Cl+3]([O-])([O-])[O-].[Zn+2]. The molecule has 0 saturated carbocycles. The molecule has 51 heavy (non-hydrogen) atoms. The van der Waals surface area contributed by atoms with Crippen molar-refractivity contribution in [2.45, 2.75) is 19.6 Å². The zero-order chi connectivity index (χ0) is 36.5. The number of rotatable bonds is 9. The average molecular weight is 795 g/mol. The minimum atomic E-state index is -4.94. The van der Waals surface area contributed by atoms with E-state index in [-0.39, 0.29) is 19.5 Å². The van der Waals surface area contributed by atoms with Crippen LogP contribution in [-0.2, 0) is 39.1 Å². The van der Waals surface area contributed by atoms with Crippen molar-refractivity contribution in [2.75, 3.05) is 21.3 Å². The fourth-order valence-corrected chi connectivity index (χ4v) is 5.09. The first kappa shape index (κ1) is 41.6. The molecule has 0 fully saturated rings. The summed E-state index contributed by atoms with van der Waals surface area (Å²) in [6.45, 7) is 1.81. The molecular weight excluding hydrogens is 765 g/mol. The predicted octanol–water partition coefficient (Wildman–Crippen LogP) is -2.96. The summed E-state index contributed by atoms with van der Waals surface area (Å²) in [6, 6.07) is 30.4. The van der Waals surface area contributed by atoms with E-state index in [1.165, 1.54) is 0 Å². The Morgan fingerprint density at radius 2 is 0.706 bits per heavy atom. The van der Waals surface area contributed by atoms with E-state index in [9.17, 15) is 0 Å². The first-order valence-corrected chi connectivity index (χ1v) is 16.9. The Balaban J connectivity index is 0.000000565.